The van der Waals surface area contributed by atoms with E-state index < -0.39 is 0 Å². The molecule has 0 saturated heterocycles. The third kappa shape index (κ3) is 11.3. The van der Waals surface area contributed by atoms with Crippen molar-refractivity contribution in [2.24, 2.45) is 0 Å². The smallest absolute Gasteiger partial charge is 0.214 e. The van der Waals surface area contributed by atoms with Crippen molar-refractivity contribution < 1.29 is 33.0 Å². The Morgan fingerprint density at radius 3 is 1.81 bits per heavy atom. The molecule has 1 unspecified atom stereocenters. The van der Waals surface area contributed by atoms with E-state index in [1.807, 2.05) is 30.3 Å². The van der Waals surface area contributed by atoms with E-state index in [-0.39, 0.29) is 33.0 Å². The molecule has 3 rings (SSSR count). The van der Waals surface area contributed by atoms with Crippen LogP contribution in [-0.2, 0) is 33.0 Å². The van der Waals surface area contributed by atoms with Gasteiger partial charge in [0.25, 0.3) is 0 Å². The van der Waals surface area contributed by atoms with Gasteiger partial charge in [-0.3, -0.25) is 0 Å². The Bertz CT molecular complexity index is 495. The van der Waals surface area contributed by atoms with E-state index in [2.05, 4.69) is 54.6 Å². The van der Waals surface area contributed by atoms with Gasteiger partial charge in [0.1, 0.15) is 0 Å². The van der Waals surface area contributed by atoms with Crippen LogP contribution in [0.4, 0.5) is 0 Å². The maximum Gasteiger partial charge on any atom is 2.00 e. The fourth-order valence-corrected chi connectivity index (χ4v) is 2.52. The van der Waals surface area contributed by atoms with E-state index in [1.54, 1.807) is 0 Å². The van der Waals surface area contributed by atoms with Crippen LogP contribution in [0.3, 0.4) is 0 Å². The number of benzene rings is 1. The van der Waals surface area contributed by atoms with Gasteiger partial charge in [0.2, 0.25) is 0 Å². The van der Waals surface area contributed by atoms with Crippen molar-refractivity contribution in [3.8, 4) is 0 Å². The molecule has 0 amide bonds. The summed E-state index contributed by atoms with van der Waals surface area (Å²) < 4.78 is 0. The first-order valence-corrected chi connectivity index (χ1v) is 10.9. The van der Waals surface area contributed by atoms with E-state index >= 15 is 0 Å². The minimum Gasteiger partial charge on any atom is -0.214 e. The standard InChI is InChI=1S/C11H10P.C5H5.2ClH.Fe.Pd/c1-2-6-10(7-3-1)12-11-8-4-5-9-11;1-2-4-5-3-1;;;;/h1-9,12H;1-5H;2*1H;;/q2*-1;;;2*+2/p-2. The summed E-state index contributed by atoms with van der Waals surface area (Å²) in [4.78, 5) is 0. The number of halogens is 2. The van der Waals surface area contributed by atoms with Gasteiger partial charge in [0, 0.05) is 0 Å². The van der Waals surface area contributed by atoms with Gasteiger partial charge < -0.3 is 0 Å². The van der Waals surface area contributed by atoms with Gasteiger partial charge in [-0.1, -0.05) is 30.3 Å². The summed E-state index contributed by atoms with van der Waals surface area (Å²) >= 11 is -0.106. The molecule has 3 aromatic carbocycles. The van der Waals surface area contributed by atoms with Crippen LogP contribution < -0.4 is 10.6 Å². The third-order valence-corrected chi connectivity index (χ3v) is 3.52. The van der Waals surface area contributed by atoms with Crippen LogP contribution in [0.15, 0.2) is 84.9 Å². The molecule has 1 atom stereocenters. The van der Waals surface area contributed by atoms with Gasteiger partial charge >= 0.3 is 52.1 Å². The van der Waals surface area contributed by atoms with Crippen LogP contribution in [0.2, 0.25) is 0 Å². The summed E-state index contributed by atoms with van der Waals surface area (Å²) in [6.07, 6.45) is 0. The SMILES string of the molecule is [Cl][Pd][Cl].[Fe+2].c1cc[cH-]c1.c1ccc(P[c-]2cccc2)cc1. The zero-order valence-electron chi connectivity index (χ0n) is 11.0. The molecule has 116 valence electrons. The molecule has 0 N–H and O–H groups in total. The van der Waals surface area contributed by atoms with Crippen molar-refractivity contribution in [3.63, 3.8) is 0 Å². The molecule has 0 aliphatic carbocycles. The van der Waals surface area contributed by atoms with E-state index in [1.165, 1.54) is 10.6 Å². The first kappa shape index (κ1) is 21.1. The van der Waals surface area contributed by atoms with Gasteiger partial charge in [0.05, 0.1) is 0 Å². The van der Waals surface area contributed by atoms with Gasteiger partial charge in [-0.15, -0.1) is 13.9 Å². The third-order valence-electron chi connectivity index (χ3n) is 2.28. The summed E-state index contributed by atoms with van der Waals surface area (Å²) in [6.45, 7) is 0. The van der Waals surface area contributed by atoms with Crippen LogP contribution in [0.25, 0.3) is 0 Å². The van der Waals surface area contributed by atoms with Gasteiger partial charge in [-0.25, -0.2) is 24.3 Å². The minimum absolute atomic E-state index is 0. The molecular weight excluding hydrogens is 456 g/mol. The van der Waals surface area contributed by atoms with E-state index in [0.717, 1.165) is 8.58 Å². The monoisotopic (exact) mass is 470 g/mol. The normalized spacial score (nSPS) is 9.24. The molecule has 5 heteroatoms. The molecule has 0 aliphatic heterocycles. The molecule has 0 spiro atoms. The van der Waals surface area contributed by atoms with Crippen molar-refractivity contribution in [3.05, 3.63) is 84.9 Å². The maximum absolute atomic E-state index is 4.81. The van der Waals surface area contributed by atoms with Crippen molar-refractivity contribution in [2.45, 2.75) is 0 Å². The second-order valence-corrected chi connectivity index (χ2v) is 7.44. The fourth-order valence-electron chi connectivity index (χ4n) is 1.47. The Hall–Kier alpha value is 0.112. The predicted octanol–water partition coefficient (Wildman–Crippen LogP) is 4.81. The maximum atomic E-state index is 4.81. The quantitative estimate of drug-likeness (QED) is 0.286. The minimum atomic E-state index is -0.106. The zero-order valence-corrected chi connectivity index (χ0v) is 16.2. The van der Waals surface area contributed by atoms with Gasteiger partial charge in [-0.05, 0) is 5.30 Å². The van der Waals surface area contributed by atoms with Gasteiger partial charge in [0.15, 0.2) is 0 Å². The summed E-state index contributed by atoms with van der Waals surface area (Å²) in [5, 5.41) is 2.82. The topological polar surface area (TPSA) is 0 Å². The predicted molar refractivity (Wildman–Crippen MR) is 89.8 cm³/mol. The molecular formula is C16H15Cl2FePPd. The zero-order chi connectivity index (χ0) is 14.5. The Labute approximate surface area is 155 Å². The largest absolute Gasteiger partial charge is 2.00 e. The second-order valence-electron chi connectivity index (χ2n) is 3.67. The number of hydrogen-bond acceptors (Lipinski definition) is 0. The van der Waals surface area contributed by atoms with Crippen LogP contribution in [0.1, 0.15) is 0 Å². The first-order chi connectivity index (χ1) is 9.86. The van der Waals surface area contributed by atoms with E-state index in [9.17, 15) is 0 Å². The van der Waals surface area contributed by atoms with Crippen LogP contribution in [0, 0.1) is 0 Å². The van der Waals surface area contributed by atoms with Crippen molar-refractivity contribution in [1.82, 2.24) is 0 Å². The van der Waals surface area contributed by atoms with Crippen LogP contribution in [-0.4, -0.2) is 0 Å². The second kappa shape index (κ2) is 15.0. The Morgan fingerprint density at radius 2 is 1.38 bits per heavy atom. The molecule has 0 radical (unpaired) electrons. The summed E-state index contributed by atoms with van der Waals surface area (Å²) in [5.74, 6) is 0. The first-order valence-electron chi connectivity index (χ1n) is 5.89. The Morgan fingerprint density at radius 1 is 0.857 bits per heavy atom. The molecule has 0 nitrogen and oxygen atoms in total. The molecule has 0 aromatic heterocycles. The van der Waals surface area contributed by atoms with Gasteiger partial charge in [-0.2, -0.15) is 30.3 Å². The van der Waals surface area contributed by atoms with E-state index in [4.69, 9.17) is 19.1 Å². The van der Waals surface area contributed by atoms with Crippen molar-refractivity contribution >= 4 is 38.2 Å². The molecule has 0 fully saturated rings. The number of rotatable bonds is 2. The van der Waals surface area contributed by atoms with Crippen molar-refractivity contribution in [2.75, 3.05) is 0 Å². The van der Waals surface area contributed by atoms with Crippen molar-refractivity contribution in [1.29, 1.82) is 0 Å². The average Bonchev–Trinajstić information content (AvgIpc) is 3.17. The average molecular weight is 471 g/mol. The fraction of sp³-hybridized carbons (Fsp3) is 0. The summed E-state index contributed by atoms with van der Waals surface area (Å²) in [5.41, 5.74) is 0. The summed E-state index contributed by atoms with van der Waals surface area (Å²) in [7, 11) is 10.4. The van der Waals surface area contributed by atoms with Crippen LogP contribution >= 0.6 is 27.6 Å². The molecule has 21 heavy (non-hydrogen) atoms. The molecule has 0 heterocycles. The molecule has 0 bridgehead atoms. The van der Waals surface area contributed by atoms with Crippen LogP contribution in [0.5, 0.6) is 0 Å². The molecule has 0 aliphatic rings. The molecule has 0 saturated carbocycles. The Balaban J connectivity index is 0.000000374. The summed E-state index contributed by atoms with van der Waals surface area (Å²) in [6, 6.07) is 29.1. The van der Waals surface area contributed by atoms with E-state index in [0.29, 0.717) is 0 Å². The Kier molecular flexibility index (Phi) is 15.1. The number of hydrogen-bond donors (Lipinski definition) is 0. The molecule has 3 aromatic rings.